The molecule has 1 saturated heterocycles. The van der Waals surface area contributed by atoms with E-state index in [1.165, 1.54) is 19.3 Å². The van der Waals surface area contributed by atoms with Crippen LogP contribution in [0.3, 0.4) is 0 Å². The molecule has 1 aliphatic heterocycles. The van der Waals surface area contributed by atoms with E-state index in [9.17, 15) is 0 Å². The summed E-state index contributed by atoms with van der Waals surface area (Å²) in [4.78, 5) is 0. The fraction of sp³-hybridized carbons (Fsp3) is 0.800. The van der Waals surface area contributed by atoms with Gasteiger partial charge < -0.3 is 10.6 Å². The molecule has 2 rings (SSSR count). The first-order valence-electron chi connectivity index (χ1n) is 5.63. The summed E-state index contributed by atoms with van der Waals surface area (Å²) in [6, 6.07) is 0.368. The van der Waals surface area contributed by atoms with E-state index in [0.717, 1.165) is 24.7 Å². The Morgan fingerprint density at radius 2 is 2.20 bits per heavy atom. The fourth-order valence-electron chi connectivity index (χ4n) is 2.11. The van der Waals surface area contributed by atoms with E-state index < -0.39 is 0 Å². The van der Waals surface area contributed by atoms with Crippen LogP contribution in [0.25, 0.3) is 0 Å². The molecule has 2 heterocycles. The number of aromatic nitrogens is 3. The van der Waals surface area contributed by atoms with Gasteiger partial charge in [0, 0.05) is 14.1 Å². The van der Waals surface area contributed by atoms with Crippen molar-refractivity contribution < 1.29 is 0 Å². The molecule has 5 nitrogen and oxygen atoms in total. The second-order valence-electron chi connectivity index (χ2n) is 4.05. The van der Waals surface area contributed by atoms with Crippen molar-refractivity contribution in [3.8, 4) is 0 Å². The molecule has 84 valence electrons. The zero-order valence-electron chi connectivity index (χ0n) is 9.45. The van der Waals surface area contributed by atoms with Crippen molar-refractivity contribution in [3.05, 3.63) is 5.82 Å². The highest BCUT2D eigenvalue weighted by Crippen LogP contribution is 2.21. The maximum absolute atomic E-state index is 4.24. The largest absolute Gasteiger partial charge is 0.357 e. The average Bonchev–Trinajstić information content (AvgIpc) is 2.49. The van der Waals surface area contributed by atoms with E-state index in [4.69, 9.17) is 0 Å². The van der Waals surface area contributed by atoms with Gasteiger partial charge in [-0.25, -0.2) is 0 Å². The minimum absolute atomic E-state index is 0.368. The van der Waals surface area contributed by atoms with Crippen molar-refractivity contribution in [2.24, 2.45) is 7.05 Å². The number of hydrogen-bond donors (Lipinski definition) is 2. The second kappa shape index (κ2) is 4.61. The maximum Gasteiger partial charge on any atom is 0.224 e. The summed E-state index contributed by atoms with van der Waals surface area (Å²) in [5, 5.41) is 14.9. The van der Waals surface area contributed by atoms with Crippen molar-refractivity contribution in [2.45, 2.75) is 31.7 Å². The first-order valence-corrected chi connectivity index (χ1v) is 5.63. The standard InChI is InChI=1S/C10H19N5/c1-11-10-14-13-9(15(10)2)8-6-4-3-5-7-12-8/h8,12H,3-7H2,1-2H3,(H,11,14). The molecule has 1 unspecified atom stereocenters. The first kappa shape index (κ1) is 10.4. The molecule has 1 fully saturated rings. The average molecular weight is 209 g/mol. The maximum atomic E-state index is 4.24. The summed E-state index contributed by atoms with van der Waals surface area (Å²) in [5.41, 5.74) is 0. The van der Waals surface area contributed by atoms with Gasteiger partial charge in [0.15, 0.2) is 5.82 Å². The van der Waals surface area contributed by atoms with E-state index >= 15 is 0 Å². The van der Waals surface area contributed by atoms with Crippen LogP contribution < -0.4 is 10.6 Å². The van der Waals surface area contributed by atoms with Crippen LogP contribution in [-0.2, 0) is 7.05 Å². The quantitative estimate of drug-likeness (QED) is 0.764. The normalized spacial score (nSPS) is 22.4. The summed E-state index contributed by atoms with van der Waals surface area (Å²) in [5.74, 6) is 1.87. The molecule has 0 amide bonds. The summed E-state index contributed by atoms with van der Waals surface area (Å²) < 4.78 is 2.03. The van der Waals surface area contributed by atoms with Crippen LogP contribution in [0.4, 0.5) is 5.95 Å². The van der Waals surface area contributed by atoms with Gasteiger partial charge in [0.05, 0.1) is 6.04 Å². The third-order valence-electron chi connectivity index (χ3n) is 3.00. The molecule has 1 aromatic rings. The van der Waals surface area contributed by atoms with Gasteiger partial charge in [-0.1, -0.05) is 12.8 Å². The number of nitrogens with zero attached hydrogens (tertiary/aromatic N) is 3. The number of rotatable bonds is 2. The number of nitrogens with one attached hydrogen (secondary N) is 2. The highest BCUT2D eigenvalue weighted by atomic mass is 15.3. The Bertz CT molecular complexity index is 312. The SMILES string of the molecule is CNc1nnc(C2CCCCCN2)n1C. The molecular weight excluding hydrogens is 190 g/mol. The Kier molecular flexibility index (Phi) is 3.20. The number of hydrogen-bond acceptors (Lipinski definition) is 4. The Morgan fingerprint density at radius 1 is 1.33 bits per heavy atom. The van der Waals surface area contributed by atoms with E-state index in [1.807, 2.05) is 18.7 Å². The summed E-state index contributed by atoms with van der Waals surface area (Å²) in [6.07, 6.45) is 5.03. The van der Waals surface area contributed by atoms with Crippen molar-refractivity contribution >= 4 is 5.95 Å². The minimum Gasteiger partial charge on any atom is -0.357 e. The Hall–Kier alpha value is -1.10. The van der Waals surface area contributed by atoms with Crippen LogP contribution in [0.5, 0.6) is 0 Å². The third kappa shape index (κ3) is 2.12. The lowest BCUT2D eigenvalue weighted by Crippen LogP contribution is -2.23. The highest BCUT2D eigenvalue weighted by molar-refractivity contribution is 5.24. The molecule has 0 aliphatic carbocycles. The Labute approximate surface area is 90.3 Å². The van der Waals surface area contributed by atoms with Crippen molar-refractivity contribution in [1.29, 1.82) is 0 Å². The lowest BCUT2D eigenvalue weighted by Gasteiger charge is -2.14. The minimum atomic E-state index is 0.368. The van der Waals surface area contributed by atoms with Gasteiger partial charge >= 0.3 is 0 Å². The van der Waals surface area contributed by atoms with Gasteiger partial charge in [-0.05, 0) is 19.4 Å². The van der Waals surface area contributed by atoms with Crippen LogP contribution in [0.2, 0.25) is 0 Å². The van der Waals surface area contributed by atoms with Gasteiger partial charge in [-0.2, -0.15) is 0 Å². The van der Waals surface area contributed by atoms with Crippen molar-refractivity contribution in [1.82, 2.24) is 20.1 Å². The van der Waals surface area contributed by atoms with E-state index in [0.29, 0.717) is 6.04 Å². The van der Waals surface area contributed by atoms with Crippen LogP contribution in [0.15, 0.2) is 0 Å². The van der Waals surface area contributed by atoms with E-state index in [1.54, 1.807) is 0 Å². The monoisotopic (exact) mass is 209 g/mol. The first-order chi connectivity index (χ1) is 7.33. The van der Waals surface area contributed by atoms with Crippen molar-refractivity contribution in [3.63, 3.8) is 0 Å². The van der Waals surface area contributed by atoms with Gasteiger partial charge in [0.25, 0.3) is 0 Å². The van der Waals surface area contributed by atoms with Crippen molar-refractivity contribution in [2.75, 3.05) is 18.9 Å². The van der Waals surface area contributed by atoms with Crippen LogP contribution in [0.1, 0.15) is 37.5 Å². The highest BCUT2D eigenvalue weighted by Gasteiger charge is 2.19. The molecule has 0 spiro atoms. The van der Waals surface area contributed by atoms with Crippen LogP contribution in [0, 0.1) is 0 Å². The van der Waals surface area contributed by atoms with Crippen LogP contribution in [-0.4, -0.2) is 28.4 Å². The summed E-state index contributed by atoms with van der Waals surface area (Å²) in [6.45, 7) is 1.09. The molecule has 5 heteroatoms. The predicted molar refractivity (Wildman–Crippen MR) is 59.8 cm³/mol. The molecule has 1 aliphatic rings. The molecule has 1 atom stereocenters. The third-order valence-corrected chi connectivity index (χ3v) is 3.00. The zero-order chi connectivity index (χ0) is 10.7. The smallest absolute Gasteiger partial charge is 0.224 e. The van der Waals surface area contributed by atoms with Gasteiger partial charge in [-0.15, -0.1) is 10.2 Å². The van der Waals surface area contributed by atoms with Gasteiger partial charge in [0.2, 0.25) is 5.95 Å². The topological polar surface area (TPSA) is 54.8 Å². The molecule has 1 aromatic heterocycles. The molecule has 0 aromatic carbocycles. The zero-order valence-corrected chi connectivity index (χ0v) is 9.45. The van der Waals surface area contributed by atoms with Crippen LogP contribution >= 0.6 is 0 Å². The molecule has 0 bridgehead atoms. The molecular formula is C10H19N5. The lowest BCUT2D eigenvalue weighted by atomic mass is 10.1. The summed E-state index contributed by atoms with van der Waals surface area (Å²) in [7, 11) is 3.88. The van der Waals surface area contributed by atoms with E-state index in [-0.39, 0.29) is 0 Å². The van der Waals surface area contributed by atoms with Gasteiger partial charge in [-0.3, -0.25) is 4.57 Å². The Morgan fingerprint density at radius 3 is 2.93 bits per heavy atom. The summed E-state index contributed by atoms with van der Waals surface area (Å²) >= 11 is 0. The molecule has 0 radical (unpaired) electrons. The predicted octanol–water partition coefficient (Wildman–Crippen LogP) is 1.06. The molecule has 15 heavy (non-hydrogen) atoms. The number of anilines is 1. The molecule has 0 saturated carbocycles. The second-order valence-corrected chi connectivity index (χ2v) is 4.05. The van der Waals surface area contributed by atoms with Gasteiger partial charge in [0.1, 0.15) is 0 Å². The fourth-order valence-corrected chi connectivity index (χ4v) is 2.11. The Balaban J connectivity index is 2.16. The molecule has 2 N–H and O–H groups in total. The van der Waals surface area contributed by atoms with E-state index in [2.05, 4.69) is 20.8 Å². The lowest BCUT2D eigenvalue weighted by molar-refractivity contribution is 0.492.